The van der Waals surface area contributed by atoms with Crippen molar-refractivity contribution in [3.63, 3.8) is 0 Å². The number of thiocarbonyl (C=S) groups is 1. The molecule has 0 aliphatic rings. The van der Waals surface area contributed by atoms with E-state index in [1.54, 1.807) is 0 Å². The number of nitrogens with zero attached hydrogens (tertiary/aromatic N) is 2. The van der Waals surface area contributed by atoms with E-state index in [4.69, 9.17) is 18.0 Å². The van der Waals surface area contributed by atoms with Crippen molar-refractivity contribution < 1.29 is 0 Å². The second-order valence-electron chi connectivity index (χ2n) is 4.47. The van der Waals surface area contributed by atoms with Crippen LogP contribution in [0.15, 0.2) is 18.2 Å². The summed E-state index contributed by atoms with van der Waals surface area (Å²) in [6.45, 7) is 8.61. The fraction of sp³-hybridized carbons (Fsp3) is 0.571. The summed E-state index contributed by atoms with van der Waals surface area (Å²) in [5, 5.41) is 0. The van der Waals surface area contributed by atoms with E-state index in [-0.39, 0.29) is 0 Å². The summed E-state index contributed by atoms with van der Waals surface area (Å²) in [5.74, 6) is 1.68. The van der Waals surface area contributed by atoms with Crippen molar-refractivity contribution in [2.24, 2.45) is 11.7 Å². The Bertz CT molecular complexity index is 388. The van der Waals surface area contributed by atoms with Crippen molar-refractivity contribution in [3.05, 3.63) is 23.9 Å². The average molecular weight is 265 g/mol. The molecule has 0 spiro atoms. The van der Waals surface area contributed by atoms with Gasteiger partial charge in [-0.2, -0.15) is 0 Å². The number of anilines is 1. The van der Waals surface area contributed by atoms with Gasteiger partial charge in [0.15, 0.2) is 0 Å². The zero-order valence-corrected chi connectivity index (χ0v) is 12.3. The molecule has 0 radical (unpaired) electrons. The molecule has 1 aromatic rings. The highest BCUT2D eigenvalue weighted by Gasteiger charge is 2.12. The number of rotatable bonds is 7. The molecule has 0 atom stereocenters. The van der Waals surface area contributed by atoms with Crippen LogP contribution in [0.4, 0.5) is 5.82 Å². The van der Waals surface area contributed by atoms with Gasteiger partial charge in [-0.15, -0.1) is 0 Å². The van der Waals surface area contributed by atoms with Crippen molar-refractivity contribution in [1.82, 2.24) is 4.98 Å². The molecule has 0 bridgehead atoms. The van der Waals surface area contributed by atoms with Gasteiger partial charge in [0.1, 0.15) is 10.8 Å². The third-order valence-electron chi connectivity index (χ3n) is 3.33. The van der Waals surface area contributed by atoms with Crippen molar-refractivity contribution in [1.29, 1.82) is 0 Å². The molecule has 4 heteroatoms. The molecule has 0 fully saturated rings. The third-order valence-corrected chi connectivity index (χ3v) is 3.53. The van der Waals surface area contributed by atoms with Gasteiger partial charge in [-0.05, 0) is 25.0 Å². The number of hydrogen-bond acceptors (Lipinski definition) is 3. The van der Waals surface area contributed by atoms with Gasteiger partial charge < -0.3 is 10.6 Å². The van der Waals surface area contributed by atoms with Crippen molar-refractivity contribution in [2.75, 3.05) is 18.0 Å². The Labute approximate surface area is 115 Å². The lowest BCUT2D eigenvalue weighted by atomic mass is 10.0. The topological polar surface area (TPSA) is 42.1 Å². The summed E-state index contributed by atoms with van der Waals surface area (Å²) < 4.78 is 0. The molecule has 0 amide bonds. The maximum atomic E-state index is 5.63. The molecule has 1 aromatic heterocycles. The SMILES string of the molecule is CCC(CC)CN(CC)c1cccc(C(N)=S)n1. The number of pyridine rings is 1. The fourth-order valence-electron chi connectivity index (χ4n) is 1.98. The number of hydrogen-bond donors (Lipinski definition) is 1. The predicted octanol–water partition coefficient (Wildman–Crippen LogP) is 2.98. The molecule has 100 valence electrons. The average Bonchev–Trinajstić information content (AvgIpc) is 2.40. The van der Waals surface area contributed by atoms with Crippen molar-refractivity contribution in [2.45, 2.75) is 33.6 Å². The van der Waals surface area contributed by atoms with E-state index in [9.17, 15) is 0 Å². The van der Waals surface area contributed by atoms with Gasteiger partial charge in [0, 0.05) is 13.1 Å². The molecule has 1 rings (SSSR count). The second kappa shape index (κ2) is 7.31. The van der Waals surface area contributed by atoms with E-state index in [0.717, 1.165) is 18.9 Å². The molecule has 0 aliphatic carbocycles. The van der Waals surface area contributed by atoms with Gasteiger partial charge in [-0.25, -0.2) is 4.98 Å². The van der Waals surface area contributed by atoms with Crippen LogP contribution in [0.5, 0.6) is 0 Å². The highest BCUT2D eigenvalue weighted by Crippen LogP contribution is 2.16. The molecule has 0 saturated carbocycles. The zero-order valence-electron chi connectivity index (χ0n) is 11.5. The predicted molar refractivity (Wildman–Crippen MR) is 82.1 cm³/mol. The summed E-state index contributed by atoms with van der Waals surface area (Å²) in [4.78, 5) is 7.17. The molecule has 2 N–H and O–H groups in total. The highest BCUT2D eigenvalue weighted by molar-refractivity contribution is 7.80. The third kappa shape index (κ3) is 3.95. The summed E-state index contributed by atoms with van der Waals surface area (Å²) >= 11 is 4.97. The highest BCUT2D eigenvalue weighted by atomic mass is 32.1. The van der Waals surface area contributed by atoms with E-state index in [2.05, 4.69) is 30.7 Å². The quantitative estimate of drug-likeness (QED) is 0.770. The normalized spacial score (nSPS) is 10.7. The molecular formula is C14H23N3S. The first kappa shape index (κ1) is 14.9. The fourth-order valence-corrected chi connectivity index (χ4v) is 2.09. The van der Waals surface area contributed by atoms with Crippen molar-refractivity contribution in [3.8, 4) is 0 Å². The molecule has 18 heavy (non-hydrogen) atoms. The molecular weight excluding hydrogens is 242 g/mol. The lowest BCUT2D eigenvalue weighted by Crippen LogP contribution is -2.30. The van der Waals surface area contributed by atoms with Crippen LogP contribution in [-0.4, -0.2) is 23.1 Å². The minimum absolute atomic E-state index is 0.357. The molecule has 0 aromatic carbocycles. The minimum atomic E-state index is 0.357. The number of nitrogens with two attached hydrogens (primary N) is 1. The van der Waals surface area contributed by atoms with Crippen LogP contribution in [0.3, 0.4) is 0 Å². The van der Waals surface area contributed by atoms with Crippen LogP contribution in [-0.2, 0) is 0 Å². The Balaban J connectivity index is 2.87. The molecule has 1 heterocycles. The van der Waals surface area contributed by atoms with E-state index < -0.39 is 0 Å². The van der Waals surface area contributed by atoms with Crippen molar-refractivity contribution >= 4 is 23.0 Å². The number of aromatic nitrogens is 1. The molecule has 3 nitrogen and oxygen atoms in total. The summed E-state index contributed by atoms with van der Waals surface area (Å²) in [6.07, 6.45) is 2.39. The van der Waals surface area contributed by atoms with E-state index in [0.29, 0.717) is 16.6 Å². The summed E-state index contributed by atoms with van der Waals surface area (Å²) in [7, 11) is 0. The lowest BCUT2D eigenvalue weighted by molar-refractivity contribution is 0.484. The van der Waals surface area contributed by atoms with Crippen LogP contribution in [0.1, 0.15) is 39.3 Å². The Morgan fingerprint density at radius 1 is 1.33 bits per heavy atom. The minimum Gasteiger partial charge on any atom is -0.388 e. The van der Waals surface area contributed by atoms with Gasteiger partial charge >= 0.3 is 0 Å². The second-order valence-corrected chi connectivity index (χ2v) is 4.91. The summed E-state index contributed by atoms with van der Waals surface area (Å²) in [5.41, 5.74) is 6.33. The van der Waals surface area contributed by atoms with Gasteiger partial charge in [-0.3, -0.25) is 0 Å². The first-order valence-corrected chi connectivity index (χ1v) is 7.04. The van der Waals surface area contributed by atoms with Crippen LogP contribution in [0, 0.1) is 5.92 Å². The van der Waals surface area contributed by atoms with Crippen LogP contribution < -0.4 is 10.6 Å². The van der Waals surface area contributed by atoms with Crippen LogP contribution in [0.2, 0.25) is 0 Å². The van der Waals surface area contributed by atoms with E-state index in [1.807, 2.05) is 18.2 Å². The zero-order chi connectivity index (χ0) is 13.5. The first-order chi connectivity index (χ1) is 8.62. The molecule has 0 aliphatic heterocycles. The Morgan fingerprint density at radius 3 is 2.50 bits per heavy atom. The Morgan fingerprint density at radius 2 is 2.00 bits per heavy atom. The maximum Gasteiger partial charge on any atom is 0.129 e. The Hall–Kier alpha value is -1.16. The van der Waals surface area contributed by atoms with Gasteiger partial charge in [-0.1, -0.05) is 45.0 Å². The summed E-state index contributed by atoms with van der Waals surface area (Å²) in [6, 6.07) is 5.84. The van der Waals surface area contributed by atoms with Crippen LogP contribution >= 0.6 is 12.2 Å². The molecule has 0 unspecified atom stereocenters. The van der Waals surface area contributed by atoms with Crippen LogP contribution in [0.25, 0.3) is 0 Å². The van der Waals surface area contributed by atoms with Gasteiger partial charge in [0.25, 0.3) is 0 Å². The van der Waals surface area contributed by atoms with E-state index >= 15 is 0 Å². The molecule has 0 saturated heterocycles. The van der Waals surface area contributed by atoms with E-state index in [1.165, 1.54) is 12.8 Å². The van der Waals surface area contributed by atoms with Gasteiger partial charge in [0.05, 0.1) is 5.69 Å². The lowest BCUT2D eigenvalue weighted by Gasteiger charge is -2.26. The van der Waals surface area contributed by atoms with Gasteiger partial charge in [0.2, 0.25) is 0 Å². The first-order valence-electron chi connectivity index (χ1n) is 6.64. The smallest absolute Gasteiger partial charge is 0.129 e. The maximum absolute atomic E-state index is 5.63. The monoisotopic (exact) mass is 265 g/mol. The Kier molecular flexibility index (Phi) is 6.05. The largest absolute Gasteiger partial charge is 0.388 e. The standard InChI is InChI=1S/C14H23N3S/c1-4-11(5-2)10-17(6-3)13-9-7-8-12(16-13)14(15)18/h7-9,11H,4-6,10H2,1-3H3,(H2,15,18).